The van der Waals surface area contributed by atoms with Gasteiger partial charge in [0.2, 0.25) is 5.88 Å². The Hall–Kier alpha value is -1.91. The van der Waals surface area contributed by atoms with E-state index in [9.17, 15) is 4.39 Å². The molecule has 0 spiro atoms. The molecule has 0 atom stereocenters. The second-order valence-corrected chi connectivity index (χ2v) is 3.53. The molecule has 0 saturated heterocycles. The topological polar surface area (TPSA) is 39.9 Å². The van der Waals surface area contributed by atoms with Crippen molar-refractivity contribution in [1.29, 1.82) is 0 Å². The fraction of sp³-hybridized carbons (Fsp3) is 0.273. The van der Waals surface area contributed by atoms with Gasteiger partial charge in [-0.3, -0.25) is 4.68 Å². The van der Waals surface area contributed by atoms with Crippen molar-refractivity contribution in [2.45, 2.75) is 13.5 Å². The Morgan fingerprint density at radius 2 is 2.25 bits per heavy atom. The van der Waals surface area contributed by atoms with Crippen LogP contribution in [0.15, 0.2) is 24.5 Å². The summed E-state index contributed by atoms with van der Waals surface area (Å²) in [6.07, 6.45) is 3.58. The summed E-state index contributed by atoms with van der Waals surface area (Å²) in [5, 5.41) is 4.02. The lowest BCUT2D eigenvalue weighted by Gasteiger charge is -2.04. The molecule has 0 saturated carbocycles. The van der Waals surface area contributed by atoms with E-state index < -0.39 is 0 Å². The van der Waals surface area contributed by atoms with E-state index in [0.717, 1.165) is 5.56 Å². The number of aromatic nitrogens is 3. The first-order chi connectivity index (χ1) is 7.65. The molecule has 0 radical (unpaired) electrons. The van der Waals surface area contributed by atoms with E-state index in [1.165, 1.54) is 12.1 Å². The standard InChI is InChI=1S/C11H12FN3O/c1-8-10(12)3-4-11(14-8)16-7-9-5-13-15(2)6-9/h3-6H,7H2,1-2H3. The van der Waals surface area contributed by atoms with Gasteiger partial charge in [-0.15, -0.1) is 0 Å². The van der Waals surface area contributed by atoms with Crippen molar-refractivity contribution < 1.29 is 9.13 Å². The molecule has 84 valence electrons. The molecular formula is C11H12FN3O. The lowest BCUT2D eigenvalue weighted by Crippen LogP contribution is -1.98. The zero-order valence-electron chi connectivity index (χ0n) is 9.14. The van der Waals surface area contributed by atoms with Crippen LogP contribution in [0.5, 0.6) is 5.88 Å². The van der Waals surface area contributed by atoms with Crippen LogP contribution in [-0.4, -0.2) is 14.8 Å². The first-order valence-corrected chi connectivity index (χ1v) is 4.88. The molecule has 0 N–H and O–H groups in total. The quantitative estimate of drug-likeness (QED) is 0.794. The highest BCUT2D eigenvalue weighted by Gasteiger charge is 2.02. The van der Waals surface area contributed by atoms with E-state index in [1.54, 1.807) is 17.8 Å². The highest BCUT2D eigenvalue weighted by atomic mass is 19.1. The molecule has 0 bridgehead atoms. The minimum absolute atomic E-state index is 0.325. The molecule has 2 heterocycles. The predicted molar refractivity (Wildman–Crippen MR) is 56.5 cm³/mol. The van der Waals surface area contributed by atoms with Gasteiger partial charge in [0.1, 0.15) is 12.4 Å². The van der Waals surface area contributed by atoms with Crippen molar-refractivity contribution in [3.8, 4) is 5.88 Å². The van der Waals surface area contributed by atoms with E-state index in [1.807, 2.05) is 13.2 Å². The van der Waals surface area contributed by atoms with Crippen molar-refractivity contribution in [2.75, 3.05) is 0 Å². The van der Waals surface area contributed by atoms with Crippen molar-refractivity contribution in [3.05, 3.63) is 41.6 Å². The van der Waals surface area contributed by atoms with Gasteiger partial charge in [0, 0.05) is 24.9 Å². The van der Waals surface area contributed by atoms with Gasteiger partial charge in [0.05, 0.1) is 11.9 Å². The summed E-state index contributed by atoms with van der Waals surface area (Å²) < 4.78 is 20.0. The lowest BCUT2D eigenvalue weighted by atomic mass is 10.3. The Labute approximate surface area is 92.7 Å². The van der Waals surface area contributed by atoms with Gasteiger partial charge in [0.25, 0.3) is 0 Å². The molecule has 0 fully saturated rings. The SMILES string of the molecule is Cc1nc(OCc2cnn(C)c2)ccc1F. The summed E-state index contributed by atoms with van der Waals surface area (Å²) in [6, 6.07) is 2.86. The Bertz CT molecular complexity index is 496. The van der Waals surface area contributed by atoms with Crippen LogP contribution in [0.3, 0.4) is 0 Å². The summed E-state index contributed by atoms with van der Waals surface area (Å²) in [5.74, 6) is 0.0940. The average Bonchev–Trinajstić information content (AvgIpc) is 2.66. The molecule has 0 unspecified atom stereocenters. The first kappa shape index (κ1) is 10.6. The largest absolute Gasteiger partial charge is 0.473 e. The zero-order valence-corrected chi connectivity index (χ0v) is 9.14. The number of ether oxygens (including phenoxy) is 1. The fourth-order valence-electron chi connectivity index (χ4n) is 1.31. The van der Waals surface area contributed by atoms with Gasteiger partial charge in [-0.05, 0) is 13.0 Å². The minimum atomic E-state index is -0.325. The van der Waals surface area contributed by atoms with Crippen molar-refractivity contribution in [3.63, 3.8) is 0 Å². The highest BCUT2D eigenvalue weighted by molar-refractivity contribution is 5.17. The molecule has 2 aromatic heterocycles. The van der Waals surface area contributed by atoms with Crippen molar-refractivity contribution >= 4 is 0 Å². The van der Waals surface area contributed by atoms with E-state index in [2.05, 4.69) is 10.1 Å². The number of hydrogen-bond donors (Lipinski definition) is 0. The van der Waals surface area contributed by atoms with Crippen LogP contribution in [0.25, 0.3) is 0 Å². The smallest absolute Gasteiger partial charge is 0.213 e. The van der Waals surface area contributed by atoms with Crippen LogP contribution in [0.2, 0.25) is 0 Å². The Balaban J connectivity index is 2.02. The van der Waals surface area contributed by atoms with E-state index in [4.69, 9.17) is 4.74 Å². The maximum atomic E-state index is 12.9. The van der Waals surface area contributed by atoms with Crippen molar-refractivity contribution in [2.24, 2.45) is 7.05 Å². The molecule has 0 aromatic carbocycles. The first-order valence-electron chi connectivity index (χ1n) is 4.88. The van der Waals surface area contributed by atoms with Gasteiger partial charge in [0.15, 0.2) is 0 Å². The van der Waals surface area contributed by atoms with Crippen LogP contribution in [0.1, 0.15) is 11.3 Å². The zero-order chi connectivity index (χ0) is 11.5. The normalized spacial score (nSPS) is 10.4. The summed E-state index contributed by atoms with van der Waals surface area (Å²) >= 11 is 0. The molecule has 0 aliphatic rings. The van der Waals surface area contributed by atoms with Gasteiger partial charge in [-0.2, -0.15) is 5.10 Å². The van der Waals surface area contributed by atoms with Crippen molar-refractivity contribution in [1.82, 2.24) is 14.8 Å². The Morgan fingerprint density at radius 1 is 1.44 bits per heavy atom. The maximum Gasteiger partial charge on any atom is 0.213 e. The van der Waals surface area contributed by atoms with Gasteiger partial charge >= 0.3 is 0 Å². The number of nitrogens with zero attached hydrogens (tertiary/aromatic N) is 3. The van der Waals surface area contributed by atoms with Crippen LogP contribution in [0.4, 0.5) is 4.39 Å². The van der Waals surface area contributed by atoms with E-state index >= 15 is 0 Å². The number of rotatable bonds is 3. The van der Waals surface area contributed by atoms with Crippen LogP contribution in [-0.2, 0) is 13.7 Å². The number of halogens is 1. The Morgan fingerprint density at radius 3 is 2.88 bits per heavy atom. The fourth-order valence-corrected chi connectivity index (χ4v) is 1.31. The van der Waals surface area contributed by atoms with Gasteiger partial charge in [-0.25, -0.2) is 9.37 Å². The molecule has 16 heavy (non-hydrogen) atoms. The molecule has 0 amide bonds. The molecule has 2 rings (SSSR count). The van der Waals surface area contributed by atoms with E-state index in [-0.39, 0.29) is 5.82 Å². The van der Waals surface area contributed by atoms with Gasteiger partial charge in [-0.1, -0.05) is 0 Å². The third-order valence-corrected chi connectivity index (χ3v) is 2.14. The van der Waals surface area contributed by atoms with Crippen LogP contribution < -0.4 is 4.74 Å². The summed E-state index contributed by atoms with van der Waals surface area (Å²) in [7, 11) is 1.84. The molecule has 4 nitrogen and oxygen atoms in total. The lowest BCUT2D eigenvalue weighted by molar-refractivity contribution is 0.292. The molecule has 5 heteroatoms. The monoisotopic (exact) mass is 221 g/mol. The summed E-state index contributed by atoms with van der Waals surface area (Å²) in [6.45, 7) is 1.98. The summed E-state index contributed by atoms with van der Waals surface area (Å²) in [5.41, 5.74) is 1.29. The highest BCUT2D eigenvalue weighted by Crippen LogP contribution is 2.12. The number of pyridine rings is 1. The second kappa shape index (κ2) is 4.30. The molecule has 0 aliphatic carbocycles. The molecule has 2 aromatic rings. The minimum Gasteiger partial charge on any atom is -0.473 e. The van der Waals surface area contributed by atoms with Gasteiger partial charge < -0.3 is 4.74 Å². The molecule has 0 aliphatic heterocycles. The third kappa shape index (κ3) is 2.36. The number of hydrogen-bond acceptors (Lipinski definition) is 3. The molecular weight excluding hydrogens is 209 g/mol. The average molecular weight is 221 g/mol. The predicted octanol–water partition coefficient (Wildman–Crippen LogP) is 1.84. The van der Waals surface area contributed by atoms with E-state index in [0.29, 0.717) is 18.2 Å². The third-order valence-electron chi connectivity index (χ3n) is 2.14. The maximum absolute atomic E-state index is 12.9. The van der Waals surface area contributed by atoms with Crippen LogP contribution >= 0.6 is 0 Å². The second-order valence-electron chi connectivity index (χ2n) is 3.53. The Kier molecular flexibility index (Phi) is 2.85. The number of aryl methyl sites for hydroxylation is 2. The van der Waals surface area contributed by atoms with Crippen LogP contribution in [0, 0.1) is 12.7 Å². The summed E-state index contributed by atoms with van der Waals surface area (Å²) in [4.78, 5) is 3.97.